The molecular weight excluding hydrogens is 194 g/mol. The number of hydrogen-bond acceptors (Lipinski definition) is 4. The van der Waals surface area contributed by atoms with Crippen LogP contribution in [0.3, 0.4) is 0 Å². The van der Waals surface area contributed by atoms with Crippen molar-refractivity contribution in [3.05, 3.63) is 11.8 Å². The molecule has 0 aromatic carbocycles. The lowest BCUT2D eigenvalue weighted by Crippen LogP contribution is -2.42. The van der Waals surface area contributed by atoms with Crippen molar-refractivity contribution in [3.63, 3.8) is 0 Å². The highest BCUT2D eigenvalue weighted by Gasteiger charge is 2.22. The lowest BCUT2D eigenvalue weighted by Gasteiger charge is -2.25. The van der Waals surface area contributed by atoms with Gasteiger partial charge < -0.3 is 10.6 Å². The molecule has 0 fully saturated rings. The molecule has 0 bridgehead atoms. The zero-order valence-corrected chi connectivity index (χ0v) is 8.74. The molecule has 1 aliphatic heterocycles. The van der Waals surface area contributed by atoms with Crippen LogP contribution in [0.5, 0.6) is 0 Å². The number of amides is 2. The van der Waals surface area contributed by atoms with Gasteiger partial charge >= 0.3 is 6.03 Å². The van der Waals surface area contributed by atoms with Crippen molar-refractivity contribution in [1.82, 2.24) is 15.3 Å². The number of nitrogens with one attached hydrogen (secondary N) is 2. The minimum atomic E-state index is -0.136. The van der Waals surface area contributed by atoms with Gasteiger partial charge in [0.2, 0.25) is 5.95 Å². The number of carbonyl (C=O) groups excluding carboxylic acids is 1. The predicted molar refractivity (Wildman–Crippen MR) is 56.8 cm³/mol. The minimum Gasteiger partial charge on any atom is -0.354 e. The first-order chi connectivity index (χ1) is 7.22. The van der Waals surface area contributed by atoms with E-state index in [4.69, 9.17) is 0 Å². The number of hydrogen-bond donors (Lipinski definition) is 2. The third-order valence-electron chi connectivity index (χ3n) is 2.23. The van der Waals surface area contributed by atoms with Gasteiger partial charge in [0.05, 0.1) is 0 Å². The van der Waals surface area contributed by atoms with E-state index in [0.717, 1.165) is 12.1 Å². The second kappa shape index (κ2) is 3.72. The molecule has 0 saturated heterocycles. The molecule has 6 heteroatoms. The molecule has 0 aliphatic carbocycles. The molecule has 1 aliphatic rings. The molecule has 15 heavy (non-hydrogen) atoms. The van der Waals surface area contributed by atoms with Crippen LogP contribution in [0.1, 0.15) is 12.5 Å². The molecule has 2 N–H and O–H groups in total. The molecule has 1 aromatic heterocycles. The molecule has 6 nitrogen and oxygen atoms in total. The number of rotatable bonds is 2. The standard InChI is InChI=1S/C9H13N5O/c1-3-10-8-11-4-6-5-12-9(15)14(2)7(6)13-8/h4H,3,5H2,1-2H3,(H,12,15)(H,10,11,13). The van der Waals surface area contributed by atoms with Crippen molar-refractivity contribution in [2.45, 2.75) is 13.5 Å². The van der Waals surface area contributed by atoms with E-state index < -0.39 is 0 Å². The first-order valence-corrected chi connectivity index (χ1v) is 4.83. The zero-order valence-electron chi connectivity index (χ0n) is 8.74. The van der Waals surface area contributed by atoms with Crippen LogP contribution in [0, 0.1) is 0 Å². The summed E-state index contributed by atoms with van der Waals surface area (Å²) >= 11 is 0. The number of anilines is 2. The molecule has 0 atom stereocenters. The molecule has 80 valence electrons. The Labute approximate surface area is 87.7 Å². The molecule has 1 aromatic rings. The third-order valence-corrected chi connectivity index (χ3v) is 2.23. The Morgan fingerprint density at radius 1 is 1.67 bits per heavy atom. The number of urea groups is 1. The van der Waals surface area contributed by atoms with Gasteiger partial charge in [0, 0.05) is 31.9 Å². The number of carbonyl (C=O) groups is 1. The van der Waals surface area contributed by atoms with Gasteiger partial charge in [-0.05, 0) is 6.92 Å². The van der Waals surface area contributed by atoms with Gasteiger partial charge in [-0.15, -0.1) is 0 Å². The second-order valence-electron chi connectivity index (χ2n) is 3.29. The first-order valence-electron chi connectivity index (χ1n) is 4.83. The van der Waals surface area contributed by atoms with Gasteiger partial charge in [-0.3, -0.25) is 4.90 Å². The van der Waals surface area contributed by atoms with Gasteiger partial charge in [-0.25, -0.2) is 9.78 Å². The Bertz CT molecular complexity index is 392. The van der Waals surface area contributed by atoms with E-state index >= 15 is 0 Å². The highest BCUT2D eigenvalue weighted by Crippen LogP contribution is 2.20. The van der Waals surface area contributed by atoms with E-state index in [9.17, 15) is 4.79 Å². The fraction of sp³-hybridized carbons (Fsp3) is 0.444. The van der Waals surface area contributed by atoms with Gasteiger partial charge in [-0.1, -0.05) is 0 Å². The van der Waals surface area contributed by atoms with Crippen molar-refractivity contribution in [2.24, 2.45) is 0 Å². The van der Waals surface area contributed by atoms with Crippen molar-refractivity contribution in [1.29, 1.82) is 0 Å². The van der Waals surface area contributed by atoms with E-state index in [1.807, 2.05) is 6.92 Å². The van der Waals surface area contributed by atoms with Crippen LogP contribution in [-0.2, 0) is 6.54 Å². The van der Waals surface area contributed by atoms with Crippen molar-refractivity contribution >= 4 is 17.8 Å². The van der Waals surface area contributed by atoms with Crippen molar-refractivity contribution < 1.29 is 4.79 Å². The summed E-state index contributed by atoms with van der Waals surface area (Å²) in [6.07, 6.45) is 1.73. The van der Waals surface area contributed by atoms with E-state index in [2.05, 4.69) is 20.6 Å². The summed E-state index contributed by atoms with van der Waals surface area (Å²) in [7, 11) is 1.69. The quantitative estimate of drug-likeness (QED) is 0.743. The highest BCUT2D eigenvalue weighted by molar-refractivity contribution is 5.93. The van der Waals surface area contributed by atoms with Crippen LogP contribution in [0.25, 0.3) is 0 Å². The Kier molecular flexibility index (Phi) is 2.40. The van der Waals surface area contributed by atoms with E-state index in [0.29, 0.717) is 18.3 Å². The zero-order chi connectivity index (χ0) is 10.8. The SMILES string of the molecule is CCNc1ncc2c(n1)N(C)C(=O)NC2. The summed E-state index contributed by atoms with van der Waals surface area (Å²) in [5, 5.41) is 5.74. The Morgan fingerprint density at radius 2 is 2.47 bits per heavy atom. The topological polar surface area (TPSA) is 70.2 Å². The number of aromatic nitrogens is 2. The Hall–Kier alpha value is -1.85. The second-order valence-corrected chi connectivity index (χ2v) is 3.29. The molecule has 2 amide bonds. The molecular formula is C9H13N5O. The molecule has 0 saturated carbocycles. The smallest absolute Gasteiger partial charge is 0.323 e. The van der Waals surface area contributed by atoms with Gasteiger partial charge in [0.25, 0.3) is 0 Å². The monoisotopic (exact) mass is 207 g/mol. The minimum absolute atomic E-state index is 0.136. The number of fused-ring (bicyclic) bond motifs is 1. The first kappa shape index (κ1) is 9.70. The lowest BCUT2D eigenvalue weighted by atomic mass is 10.2. The Morgan fingerprint density at radius 3 is 3.20 bits per heavy atom. The summed E-state index contributed by atoms with van der Waals surface area (Å²) in [6.45, 7) is 3.22. The average Bonchev–Trinajstić information content (AvgIpc) is 2.25. The Balaban J connectivity index is 2.36. The maximum absolute atomic E-state index is 11.4. The van der Waals surface area contributed by atoms with E-state index in [1.165, 1.54) is 4.90 Å². The van der Waals surface area contributed by atoms with Crippen LogP contribution >= 0.6 is 0 Å². The molecule has 2 rings (SSSR count). The van der Waals surface area contributed by atoms with Gasteiger partial charge in [0.1, 0.15) is 5.82 Å². The average molecular weight is 207 g/mol. The summed E-state index contributed by atoms with van der Waals surface area (Å²) in [6, 6.07) is -0.136. The van der Waals surface area contributed by atoms with Crippen molar-refractivity contribution in [3.8, 4) is 0 Å². The third kappa shape index (κ3) is 1.70. The van der Waals surface area contributed by atoms with Gasteiger partial charge in [-0.2, -0.15) is 4.98 Å². The molecule has 0 unspecified atom stereocenters. The van der Waals surface area contributed by atoms with Crippen LogP contribution in [0.4, 0.5) is 16.6 Å². The van der Waals surface area contributed by atoms with Crippen LogP contribution in [-0.4, -0.2) is 29.6 Å². The largest absolute Gasteiger partial charge is 0.354 e. The summed E-state index contributed by atoms with van der Waals surface area (Å²) in [5.74, 6) is 1.22. The van der Waals surface area contributed by atoms with Crippen LogP contribution in [0.15, 0.2) is 6.20 Å². The lowest BCUT2D eigenvalue weighted by molar-refractivity contribution is 0.245. The molecule has 0 radical (unpaired) electrons. The fourth-order valence-electron chi connectivity index (χ4n) is 1.44. The fourth-order valence-corrected chi connectivity index (χ4v) is 1.44. The summed E-state index contributed by atoms with van der Waals surface area (Å²) in [5.41, 5.74) is 0.929. The predicted octanol–water partition coefficient (Wildman–Crippen LogP) is 0.568. The normalized spacial score (nSPS) is 14.5. The highest BCUT2D eigenvalue weighted by atomic mass is 16.2. The van der Waals surface area contributed by atoms with E-state index in [1.54, 1.807) is 13.2 Å². The number of nitrogens with zero attached hydrogens (tertiary/aromatic N) is 3. The molecule has 0 spiro atoms. The van der Waals surface area contributed by atoms with Gasteiger partial charge in [0.15, 0.2) is 0 Å². The molecule has 2 heterocycles. The van der Waals surface area contributed by atoms with Crippen LogP contribution in [0.2, 0.25) is 0 Å². The maximum atomic E-state index is 11.4. The van der Waals surface area contributed by atoms with E-state index in [-0.39, 0.29) is 6.03 Å². The summed E-state index contributed by atoms with van der Waals surface area (Å²) < 4.78 is 0. The van der Waals surface area contributed by atoms with Crippen LogP contribution < -0.4 is 15.5 Å². The van der Waals surface area contributed by atoms with Crippen molar-refractivity contribution in [2.75, 3.05) is 23.8 Å². The summed E-state index contributed by atoms with van der Waals surface area (Å²) in [4.78, 5) is 21.3. The maximum Gasteiger partial charge on any atom is 0.323 e.